The number of phosphoric acid groups is 1. The molecule has 10 heteroatoms. The summed E-state index contributed by atoms with van der Waals surface area (Å²) < 4.78 is 32.4. The number of nitrogens with two attached hydrogens (primary N) is 1. The van der Waals surface area contributed by atoms with Crippen molar-refractivity contribution in [3.63, 3.8) is 0 Å². The molecule has 3 N–H and O–H groups in total. The molecule has 2 unspecified atom stereocenters. The number of hydrogen-bond acceptors (Lipinski definition) is 8. The van der Waals surface area contributed by atoms with Crippen LogP contribution in [0.2, 0.25) is 0 Å². The predicted octanol–water partition coefficient (Wildman–Crippen LogP) is 7.77. The molecule has 0 aliphatic heterocycles. The molecule has 0 aliphatic carbocycles. The fourth-order valence-electron chi connectivity index (χ4n) is 4.34. The van der Waals surface area contributed by atoms with Gasteiger partial charge in [0.15, 0.2) is 6.10 Å². The highest BCUT2D eigenvalue weighted by Gasteiger charge is 2.25. The molecule has 0 rings (SSSR count). The van der Waals surface area contributed by atoms with Crippen molar-refractivity contribution in [3.05, 3.63) is 0 Å². The van der Waals surface area contributed by atoms with Crippen molar-refractivity contribution >= 4 is 19.8 Å². The van der Waals surface area contributed by atoms with Gasteiger partial charge in [-0.3, -0.25) is 18.6 Å². The average molecular weight is 594 g/mol. The van der Waals surface area contributed by atoms with Crippen molar-refractivity contribution in [3.8, 4) is 0 Å². The maximum Gasteiger partial charge on any atom is 0.472 e. The summed E-state index contributed by atoms with van der Waals surface area (Å²) >= 11 is 0. The van der Waals surface area contributed by atoms with E-state index in [0.717, 1.165) is 32.1 Å². The van der Waals surface area contributed by atoms with Gasteiger partial charge in [-0.25, -0.2) is 4.57 Å². The number of phosphoric ester groups is 1. The Labute approximate surface area is 244 Å². The normalized spacial score (nSPS) is 13.6. The van der Waals surface area contributed by atoms with E-state index in [2.05, 4.69) is 13.8 Å². The minimum Gasteiger partial charge on any atom is -0.462 e. The monoisotopic (exact) mass is 593 g/mol. The number of carbonyl (C=O) groups excluding carboxylic acids is 2. The van der Waals surface area contributed by atoms with E-state index < -0.39 is 26.5 Å². The summed E-state index contributed by atoms with van der Waals surface area (Å²) in [7, 11) is -4.35. The number of unbranched alkanes of at least 4 members (excludes halogenated alkanes) is 17. The molecule has 0 aromatic rings. The van der Waals surface area contributed by atoms with Gasteiger partial charge in [0.25, 0.3) is 0 Å². The van der Waals surface area contributed by atoms with Crippen LogP contribution in [-0.2, 0) is 32.7 Å². The standard InChI is InChI=1S/C30H60NO8P/c1-3-5-7-9-11-13-15-17-19-21-23-30(33)39-28(27-38-40(34,35)37-25-24-31)26-36-29(32)22-20-18-16-14-12-10-8-6-4-2/h28H,3-27,31H2,1-2H3,(H,34,35). The second-order valence-corrected chi connectivity index (χ2v) is 12.1. The fourth-order valence-corrected chi connectivity index (χ4v) is 5.10. The van der Waals surface area contributed by atoms with E-state index in [4.69, 9.17) is 24.3 Å². The zero-order chi connectivity index (χ0) is 29.7. The topological polar surface area (TPSA) is 134 Å². The third-order valence-electron chi connectivity index (χ3n) is 6.74. The second-order valence-electron chi connectivity index (χ2n) is 10.7. The Morgan fingerprint density at radius 2 is 1.07 bits per heavy atom. The minimum atomic E-state index is -4.35. The number of esters is 2. The van der Waals surface area contributed by atoms with E-state index >= 15 is 0 Å². The highest BCUT2D eigenvalue weighted by Crippen LogP contribution is 2.43. The van der Waals surface area contributed by atoms with Crippen LogP contribution in [0.3, 0.4) is 0 Å². The molecule has 0 amide bonds. The van der Waals surface area contributed by atoms with Gasteiger partial charge in [0.05, 0.1) is 13.2 Å². The van der Waals surface area contributed by atoms with Gasteiger partial charge in [-0.05, 0) is 12.8 Å². The Morgan fingerprint density at radius 3 is 1.52 bits per heavy atom. The lowest BCUT2D eigenvalue weighted by atomic mass is 10.1. The van der Waals surface area contributed by atoms with Gasteiger partial charge < -0.3 is 20.1 Å². The van der Waals surface area contributed by atoms with Gasteiger partial charge in [0.1, 0.15) is 6.61 Å². The van der Waals surface area contributed by atoms with Crippen LogP contribution in [-0.4, -0.2) is 49.3 Å². The zero-order valence-corrected chi connectivity index (χ0v) is 26.5. The van der Waals surface area contributed by atoms with Crippen LogP contribution >= 0.6 is 7.82 Å². The summed E-state index contributed by atoms with van der Waals surface area (Å²) in [5.74, 6) is -0.830. The first-order valence-corrected chi connectivity index (χ1v) is 17.5. The molecule has 0 bridgehead atoms. The number of hydrogen-bond donors (Lipinski definition) is 2. The van der Waals surface area contributed by atoms with Gasteiger partial charge in [-0.2, -0.15) is 0 Å². The van der Waals surface area contributed by atoms with Crippen LogP contribution in [0.15, 0.2) is 0 Å². The molecule has 0 aromatic carbocycles. The number of ether oxygens (including phenoxy) is 2. The van der Waals surface area contributed by atoms with Crippen LogP contribution in [0.1, 0.15) is 149 Å². The Hall–Kier alpha value is -0.990. The number of carbonyl (C=O) groups is 2. The number of rotatable bonds is 30. The summed E-state index contributed by atoms with van der Waals surface area (Å²) in [6.45, 7) is 3.67. The summed E-state index contributed by atoms with van der Waals surface area (Å²) in [5.41, 5.74) is 5.30. The van der Waals surface area contributed by atoms with E-state index in [1.165, 1.54) is 83.5 Å². The maximum atomic E-state index is 12.4. The van der Waals surface area contributed by atoms with Gasteiger partial charge in [0.2, 0.25) is 0 Å². The molecule has 0 aliphatic rings. The van der Waals surface area contributed by atoms with Gasteiger partial charge >= 0.3 is 19.8 Å². The van der Waals surface area contributed by atoms with Gasteiger partial charge in [-0.1, -0.05) is 123 Å². The van der Waals surface area contributed by atoms with Crippen molar-refractivity contribution < 1.29 is 37.6 Å². The summed E-state index contributed by atoms with van der Waals surface area (Å²) in [6, 6.07) is 0. The molecule has 0 saturated carbocycles. The van der Waals surface area contributed by atoms with E-state index in [-0.39, 0.29) is 38.6 Å². The van der Waals surface area contributed by atoms with Crippen LogP contribution in [0.25, 0.3) is 0 Å². The Bertz CT molecular complexity index is 649. The molecule has 2 atom stereocenters. The molecule has 0 heterocycles. The van der Waals surface area contributed by atoms with Gasteiger partial charge in [-0.15, -0.1) is 0 Å². The van der Waals surface area contributed by atoms with Gasteiger partial charge in [0, 0.05) is 19.4 Å². The van der Waals surface area contributed by atoms with Crippen LogP contribution in [0.4, 0.5) is 0 Å². The van der Waals surface area contributed by atoms with Crippen LogP contribution in [0, 0.1) is 0 Å². The quantitative estimate of drug-likeness (QED) is 0.0486. The molecule has 238 valence electrons. The second kappa shape index (κ2) is 28.1. The van der Waals surface area contributed by atoms with E-state index in [1.54, 1.807) is 0 Å². The van der Waals surface area contributed by atoms with E-state index in [1.807, 2.05) is 0 Å². The SMILES string of the molecule is CCCCCCCCCCCCC(=O)OC(COC(=O)CCCCCCCCCCC)COP(=O)(O)OCCN. The average Bonchev–Trinajstić information content (AvgIpc) is 2.93. The Morgan fingerprint density at radius 1 is 0.650 bits per heavy atom. The summed E-state index contributed by atoms with van der Waals surface area (Å²) in [5, 5.41) is 0. The molecule has 40 heavy (non-hydrogen) atoms. The lowest BCUT2D eigenvalue weighted by Gasteiger charge is -2.19. The van der Waals surface area contributed by atoms with Crippen LogP contribution in [0.5, 0.6) is 0 Å². The molecule has 0 aromatic heterocycles. The van der Waals surface area contributed by atoms with Crippen molar-refractivity contribution in [2.45, 2.75) is 155 Å². The third kappa shape index (κ3) is 27.2. The van der Waals surface area contributed by atoms with Crippen molar-refractivity contribution in [1.82, 2.24) is 0 Å². The lowest BCUT2D eigenvalue weighted by molar-refractivity contribution is -0.161. The van der Waals surface area contributed by atoms with E-state index in [0.29, 0.717) is 6.42 Å². The van der Waals surface area contributed by atoms with Crippen molar-refractivity contribution in [2.24, 2.45) is 5.73 Å². The molecular formula is C30H60NO8P. The highest BCUT2D eigenvalue weighted by molar-refractivity contribution is 7.47. The fraction of sp³-hybridized carbons (Fsp3) is 0.933. The Kier molecular flexibility index (Phi) is 27.4. The molecule has 0 radical (unpaired) electrons. The first kappa shape index (κ1) is 39.0. The molecule has 0 spiro atoms. The predicted molar refractivity (Wildman–Crippen MR) is 160 cm³/mol. The zero-order valence-electron chi connectivity index (χ0n) is 25.6. The summed E-state index contributed by atoms with van der Waals surface area (Å²) in [4.78, 5) is 34.4. The largest absolute Gasteiger partial charge is 0.472 e. The maximum absolute atomic E-state index is 12.4. The van der Waals surface area contributed by atoms with Crippen LogP contribution < -0.4 is 5.73 Å². The highest BCUT2D eigenvalue weighted by atomic mass is 31.2. The minimum absolute atomic E-state index is 0.0572. The third-order valence-corrected chi connectivity index (χ3v) is 7.73. The molecule has 9 nitrogen and oxygen atoms in total. The van der Waals surface area contributed by atoms with Crippen molar-refractivity contribution in [1.29, 1.82) is 0 Å². The Balaban J connectivity index is 4.31. The molecular weight excluding hydrogens is 533 g/mol. The van der Waals surface area contributed by atoms with Crippen molar-refractivity contribution in [2.75, 3.05) is 26.4 Å². The molecule has 0 fully saturated rings. The first-order valence-electron chi connectivity index (χ1n) is 16.0. The molecule has 0 saturated heterocycles. The first-order chi connectivity index (χ1) is 19.3. The smallest absolute Gasteiger partial charge is 0.462 e. The van der Waals surface area contributed by atoms with E-state index in [9.17, 15) is 19.0 Å². The lowest BCUT2D eigenvalue weighted by Crippen LogP contribution is -2.29. The summed E-state index contributed by atoms with van der Waals surface area (Å²) in [6.07, 6.45) is 21.4.